The van der Waals surface area contributed by atoms with Crippen molar-refractivity contribution in [1.29, 1.82) is 0 Å². The summed E-state index contributed by atoms with van der Waals surface area (Å²) in [6, 6.07) is -0.464. The third kappa shape index (κ3) is 3.48. The second kappa shape index (κ2) is 5.84. The van der Waals surface area contributed by atoms with E-state index in [2.05, 4.69) is 10.1 Å². The summed E-state index contributed by atoms with van der Waals surface area (Å²) in [5.74, 6) is -0.297. The normalized spacial score (nSPS) is 26.2. The van der Waals surface area contributed by atoms with Crippen molar-refractivity contribution in [2.45, 2.75) is 44.7 Å². The largest absolute Gasteiger partial charge is 0.467 e. The molecule has 3 N–H and O–H groups in total. The fourth-order valence-corrected chi connectivity index (χ4v) is 2.09. The Morgan fingerprint density at radius 2 is 2.19 bits per heavy atom. The Hall–Kier alpha value is -1.10. The summed E-state index contributed by atoms with van der Waals surface area (Å²) in [6.45, 7) is 1.61. The van der Waals surface area contributed by atoms with Crippen LogP contribution < -0.4 is 11.1 Å². The van der Waals surface area contributed by atoms with Crippen LogP contribution in [0.3, 0.4) is 0 Å². The lowest BCUT2D eigenvalue weighted by Crippen LogP contribution is -2.41. The predicted molar refractivity (Wildman–Crippen MR) is 59.6 cm³/mol. The first-order valence-electron chi connectivity index (χ1n) is 5.67. The van der Waals surface area contributed by atoms with Gasteiger partial charge in [-0.3, -0.25) is 4.79 Å². The Bertz CT molecular complexity index is 268. The van der Waals surface area contributed by atoms with Gasteiger partial charge in [0.15, 0.2) is 0 Å². The number of ether oxygens (including phenoxy) is 1. The Morgan fingerprint density at radius 3 is 2.69 bits per heavy atom. The summed E-state index contributed by atoms with van der Waals surface area (Å²) >= 11 is 0. The van der Waals surface area contributed by atoms with E-state index in [0.29, 0.717) is 6.42 Å². The van der Waals surface area contributed by atoms with Crippen LogP contribution in [0.1, 0.15) is 32.6 Å². The number of nitrogens with two attached hydrogens (primary N) is 1. The lowest BCUT2D eigenvalue weighted by Gasteiger charge is -2.16. The number of rotatable bonds is 4. The summed E-state index contributed by atoms with van der Waals surface area (Å²) < 4.78 is 4.53. The molecule has 0 saturated heterocycles. The van der Waals surface area contributed by atoms with Gasteiger partial charge >= 0.3 is 5.97 Å². The first kappa shape index (κ1) is 13.0. The number of esters is 1. The van der Waals surface area contributed by atoms with E-state index < -0.39 is 12.0 Å². The molecule has 1 saturated carbocycles. The van der Waals surface area contributed by atoms with Crippen molar-refractivity contribution in [3.63, 3.8) is 0 Å². The summed E-state index contributed by atoms with van der Waals surface area (Å²) in [7, 11) is 1.30. The van der Waals surface area contributed by atoms with Crippen LogP contribution in [0.2, 0.25) is 0 Å². The van der Waals surface area contributed by atoms with Crippen molar-refractivity contribution in [3.05, 3.63) is 0 Å². The number of amides is 1. The summed E-state index contributed by atoms with van der Waals surface area (Å²) in [4.78, 5) is 22.7. The van der Waals surface area contributed by atoms with Gasteiger partial charge in [-0.2, -0.15) is 0 Å². The predicted octanol–water partition coefficient (Wildman–Crippen LogP) is 0.182. The monoisotopic (exact) mass is 228 g/mol. The third-order valence-electron chi connectivity index (χ3n) is 3.10. The Labute approximate surface area is 95.7 Å². The van der Waals surface area contributed by atoms with Crippen LogP contribution in [0.15, 0.2) is 0 Å². The van der Waals surface area contributed by atoms with E-state index in [1.807, 2.05) is 0 Å². The topological polar surface area (TPSA) is 81.4 Å². The number of hydrogen-bond donors (Lipinski definition) is 2. The standard InChI is InChI=1S/C11H20N2O3/c1-7(11(15)16-2)13-10(14)6-8-4-3-5-9(8)12/h7-9H,3-6,12H2,1-2H3,(H,13,14)/t7?,8-,9+/m0/s1. The lowest BCUT2D eigenvalue weighted by molar-refractivity contribution is -0.144. The van der Waals surface area contributed by atoms with E-state index in [0.717, 1.165) is 19.3 Å². The summed E-state index contributed by atoms with van der Waals surface area (Å²) in [5.41, 5.74) is 5.87. The van der Waals surface area contributed by atoms with Crippen LogP contribution in [0.25, 0.3) is 0 Å². The fourth-order valence-electron chi connectivity index (χ4n) is 2.09. The van der Waals surface area contributed by atoms with Gasteiger partial charge in [-0.15, -0.1) is 0 Å². The van der Waals surface area contributed by atoms with Crippen LogP contribution in [0.4, 0.5) is 0 Å². The van der Waals surface area contributed by atoms with Gasteiger partial charge in [0.05, 0.1) is 7.11 Å². The number of carbonyl (C=O) groups excluding carboxylic acids is 2. The molecule has 1 aliphatic carbocycles. The molecule has 1 unspecified atom stereocenters. The maximum atomic E-state index is 11.6. The molecule has 1 aliphatic rings. The van der Waals surface area contributed by atoms with E-state index >= 15 is 0 Å². The zero-order chi connectivity index (χ0) is 12.1. The number of carbonyl (C=O) groups is 2. The van der Waals surface area contributed by atoms with Crippen LogP contribution >= 0.6 is 0 Å². The van der Waals surface area contributed by atoms with Crippen molar-refractivity contribution in [1.82, 2.24) is 5.32 Å². The van der Waals surface area contributed by atoms with Crippen molar-refractivity contribution in [2.75, 3.05) is 7.11 Å². The molecule has 5 nitrogen and oxygen atoms in total. The van der Waals surface area contributed by atoms with Crippen molar-refractivity contribution in [3.8, 4) is 0 Å². The minimum absolute atomic E-state index is 0.124. The Kier molecular flexibility index (Phi) is 4.73. The van der Waals surface area contributed by atoms with Gasteiger partial charge < -0.3 is 15.8 Å². The highest BCUT2D eigenvalue weighted by Crippen LogP contribution is 2.26. The van der Waals surface area contributed by atoms with Crippen LogP contribution in [-0.2, 0) is 14.3 Å². The molecule has 3 atom stereocenters. The molecule has 92 valence electrons. The summed E-state index contributed by atoms with van der Waals surface area (Å²) in [5, 5.41) is 2.61. The number of methoxy groups -OCH3 is 1. The second-order valence-electron chi connectivity index (χ2n) is 4.37. The molecule has 0 aromatic rings. The quantitative estimate of drug-likeness (QED) is 0.673. The molecule has 0 bridgehead atoms. The number of nitrogens with one attached hydrogen (secondary N) is 1. The average molecular weight is 228 g/mol. The Morgan fingerprint density at radius 1 is 1.50 bits per heavy atom. The Balaban J connectivity index is 2.32. The molecule has 1 rings (SSSR count). The van der Waals surface area contributed by atoms with Gasteiger partial charge in [0.1, 0.15) is 6.04 Å². The molecule has 1 amide bonds. The lowest BCUT2D eigenvalue weighted by atomic mass is 10.00. The van der Waals surface area contributed by atoms with E-state index in [9.17, 15) is 9.59 Å². The van der Waals surface area contributed by atoms with Gasteiger partial charge in [-0.05, 0) is 25.7 Å². The van der Waals surface area contributed by atoms with Gasteiger partial charge in [0, 0.05) is 12.5 Å². The smallest absolute Gasteiger partial charge is 0.328 e. The molecule has 0 aliphatic heterocycles. The molecule has 0 heterocycles. The third-order valence-corrected chi connectivity index (χ3v) is 3.10. The maximum absolute atomic E-state index is 11.6. The zero-order valence-electron chi connectivity index (χ0n) is 9.86. The van der Waals surface area contributed by atoms with Crippen molar-refractivity contribution in [2.24, 2.45) is 11.7 Å². The first-order chi connectivity index (χ1) is 7.54. The number of hydrogen-bond acceptors (Lipinski definition) is 4. The van der Waals surface area contributed by atoms with E-state index in [4.69, 9.17) is 5.73 Å². The SMILES string of the molecule is COC(=O)C(C)NC(=O)C[C@@H]1CCC[C@H]1N. The molecule has 0 aromatic heterocycles. The highest BCUT2D eigenvalue weighted by Gasteiger charge is 2.27. The van der Waals surface area contributed by atoms with E-state index in [1.165, 1.54) is 7.11 Å². The highest BCUT2D eigenvalue weighted by atomic mass is 16.5. The van der Waals surface area contributed by atoms with Crippen LogP contribution in [0, 0.1) is 5.92 Å². The molecule has 0 spiro atoms. The molecular weight excluding hydrogens is 208 g/mol. The maximum Gasteiger partial charge on any atom is 0.328 e. The molecule has 16 heavy (non-hydrogen) atoms. The highest BCUT2D eigenvalue weighted by molar-refractivity contribution is 5.84. The van der Waals surface area contributed by atoms with Gasteiger partial charge in [-0.1, -0.05) is 6.42 Å². The molecule has 5 heteroatoms. The minimum atomic E-state index is -0.588. The van der Waals surface area contributed by atoms with Crippen molar-refractivity contribution >= 4 is 11.9 Å². The molecule has 1 fully saturated rings. The second-order valence-corrected chi connectivity index (χ2v) is 4.37. The summed E-state index contributed by atoms with van der Waals surface area (Å²) in [6.07, 6.45) is 3.49. The minimum Gasteiger partial charge on any atom is -0.467 e. The molecule has 0 aromatic carbocycles. The van der Waals surface area contributed by atoms with Gasteiger partial charge in [0.25, 0.3) is 0 Å². The fraction of sp³-hybridized carbons (Fsp3) is 0.818. The molecule has 0 radical (unpaired) electrons. The van der Waals surface area contributed by atoms with Gasteiger partial charge in [-0.25, -0.2) is 4.79 Å². The van der Waals surface area contributed by atoms with Crippen LogP contribution in [-0.4, -0.2) is 31.1 Å². The molecular formula is C11H20N2O3. The zero-order valence-corrected chi connectivity index (χ0v) is 9.86. The average Bonchev–Trinajstić information content (AvgIpc) is 2.63. The van der Waals surface area contributed by atoms with Crippen LogP contribution in [0.5, 0.6) is 0 Å². The van der Waals surface area contributed by atoms with Gasteiger partial charge in [0.2, 0.25) is 5.91 Å². The first-order valence-corrected chi connectivity index (χ1v) is 5.67. The van der Waals surface area contributed by atoms with Crippen molar-refractivity contribution < 1.29 is 14.3 Å². The van der Waals surface area contributed by atoms with E-state index in [1.54, 1.807) is 6.92 Å². The van der Waals surface area contributed by atoms with E-state index in [-0.39, 0.29) is 17.9 Å².